The number of rotatable bonds is 3. The highest BCUT2D eigenvalue weighted by molar-refractivity contribution is 9.10. The maximum atomic E-state index is 12.1. The summed E-state index contributed by atoms with van der Waals surface area (Å²) in [6.07, 6.45) is 8.10. The number of halogens is 1. The lowest BCUT2D eigenvalue weighted by atomic mass is 10.2. The van der Waals surface area contributed by atoms with Crippen LogP contribution in [0.25, 0.3) is 5.95 Å². The van der Waals surface area contributed by atoms with E-state index in [1.807, 2.05) is 6.07 Å². The Hall–Kier alpha value is -2.54. The summed E-state index contributed by atoms with van der Waals surface area (Å²) in [4.78, 5) is 24.3. The van der Waals surface area contributed by atoms with Crippen LogP contribution in [0.2, 0.25) is 0 Å². The fraction of sp³-hybridized carbons (Fsp3) is 0. The first kappa shape index (κ1) is 13.4. The van der Waals surface area contributed by atoms with Gasteiger partial charge in [0.1, 0.15) is 6.33 Å². The van der Waals surface area contributed by atoms with Gasteiger partial charge in [0.05, 0.1) is 18.1 Å². The summed E-state index contributed by atoms with van der Waals surface area (Å²) in [6, 6.07) is 7.15. The predicted molar refractivity (Wildman–Crippen MR) is 81.2 cm³/mol. The van der Waals surface area contributed by atoms with Crippen molar-refractivity contribution in [2.75, 3.05) is 5.32 Å². The number of nitrogens with zero attached hydrogens (tertiary/aromatic N) is 4. The number of hydrogen-bond acceptors (Lipinski definition) is 4. The largest absolute Gasteiger partial charge is 0.319 e. The van der Waals surface area contributed by atoms with Crippen LogP contribution in [0.5, 0.6) is 0 Å². The monoisotopic (exact) mass is 343 g/mol. The van der Waals surface area contributed by atoms with Gasteiger partial charge >= 0.3 is 0 Å². The molecular weight excluding hydrogens is 334 g/mol. The number of nitrogens with one attached hydrogen (secondary N) is 1. The first-order valence-corrected chi connectivity index (χ1v) is 6.89. The normalized spacial score (nSPS) is 10.3. The van der Waals surface area contributed by atoms with E-state index in [9.17, 15) is 4.79 Å². The van der Waals surface area contributed by atoms with Gasteiger partial charge in [0.15, 0.2) is 0 Å². The Kier molecular flexibility index (Phi) is 3.74. The van der Waals surface area contributed by atoms with Gasteiger partial charge in [0.25, 0.3) is 5.91 Å². The van der Waals surface area contributed by atoms with Crippen molar-refractivity contribution >= 4 is 27.5 Å². The van der Waals surface area contributed by atoms with Crippen molar-refractivity contribution in [3.8, 4) is 5.95 Å². The van der Waals surface area contributed by atoms with Crippen molar-refractivity contribution in [2.45, 2.75) is 0 Å². The third-order valence-electron chi connectivity index (χ3n) is 2.72. The summed E-state index contributed by atoms with van der Waals surface area (Å²) < 4.78 is 2.53. The topological polar surface area (TPSA) is 72.7 Å². The van der Waals surface area contributed by atoms with Gasteiger partial charge in [-0.2, -0.15) is 0 Å². The first-order valence-electron chi connectivity index (χ1n) is 6.10. The second kappa shape index (κ2) is 5.84. The molecule has 0 aliphatic rings. The molecule has 2 heterocycles. The fourth-order valence-corrected chi connectivity index (χ4v) is 2.13. The van der Waals surface area contributed by atoms with Crippen LogP contribution in [0.4, 0.5) is 5.69 Å². The van der Waals surface area contributed by atoms with Crippen LogP contribution in [0.15, 0.2) is 59.9 Å². The van der Waals surface area contributed by atoms with Crippen LogP contribution >= 0.6 is 15.9 Å². The van der Waals surface area contributed by atoms with Gasteiger partial charge in [-0.3, -0.25) is 9.36 Å². The van der Waals surface area contributed by atoms with Crippen molar-refractivity contribution < 1.29 is 4.79 Å². The lowest BCUT2D eigenvalue weighted by Gasteiger charge is -2.06. The smallest absolute Gasteiger partial charge is 0.255 e. The minimum atomic E-state index is -0.213. The van der Waals surface area contributed by atoms with Crippen LogP contribution in [0.3, 0.4) is 0 Å². The molecule has 0 spiro atoms. The molecule has 3 aromatic rings. The summed E-state index contributed by atoms with van der Waals surface area (Å²) in [7, 11) is 0. The summed E-state index contributed by atoms with van der Waals surface area (Å²) in [5, 5.41) is 2.75. The highest BCUT2D eigenvalue weighted by Gasteiger charge is 2.07. The van der Waals surface area contributed by atoms with Crippen LogP contribution < -0.4 is 5.32 Å². The average Bonchev–Trinajstić information content (AvgIpc) is 3.02. The molecular formula is C14H10BrN5O. The van der Waals surface area contributed by atoms with Crippen molar-refractivity contribution in [1.82, 2.24) is 19.5 Å². The zero-order chi connectivity index (χ0) is 14.7. The third-order valence-corrected chi connectivity index (χ3v) is 3.21. The molecule has 0 saturated carbocycles. The number of hydrogen-bond donors (Lipinski definition) is 1. The lowest BCUT2D eigenvalue weighted by Crippen LogP contribution is -2.12. The molecule has 0 saturated heterocycles. The first-order chi connectivity index (χ1) is 10.2. The zero-order valence-electron chi connectivity index (χ0n) is 10.8. The second-order valence-corrected chi connectivity index (χ2v) is 5.12. The highest BCUT2D eigenvalue weighted by atomic mass is 79.9. The molecule has 3 rings (SSSR count). The van der Waals surface area contributed by atoms with E-state index in [0.717, 1.165) is 4.47 Å². The number of amides is 1. The van der Waals surface area contributed by atoms with E-state index in [1.54, 1.807) is 53.9 Å². The van der Waals surface area contributed by atoms with E-state index in [-0.39, 0.29) is 5.91 Å². The SMILES string of the molecule is O=C(Nc1cnc(-n2ccnc2)nc1)c1cccc(Br)c1. The summed E-state index contributed by atoms with van der Waals surface area (Å²) in [5.41, 5.74) is 1.09. The van der Waals surface area contributed by atoms with Crippen LogP contribution in [-0.4, -0.2) is 25.4 Å². The van der Waals surface area contributed by atoms with Gasteiger partial charge in [-0.15, -0.1) is 0 Å². The zero-order valence-corrected chi connectivity index (χ0v) is 12.4. The molecule has 0 fully saturated rings. The second-order valence-electron chi connectivity index (χ2n) is 4.21. The average molecular weight is 344 g/mol. The van der Waals surface area contributed by atoms with Gasteiger partial charge in [0, 0.05) is 22.4 Å². The van der Waals surface area contributed by atoms with E-state index < -0.39 is 0 Å². The van der Waals surface area contributed by atoms with Gasteiger partial charge in [-0.1, -0.05) is 22.0 Å². The minimum absolute atomic E-state index is 0.213. The van der Waals surface area contributed by atoms with Crippen LogP contribution in [0.1, 0.15) is 10.4 Å². The fourth-order valence-electron chi connectivity index (χ4n) is 1.73. The Balaban J connectivity index is 1.75. The van der Waals surface area contributed by atoms with Crippen molar-refractivity contribution in [3.05, 3.63) is 65.4 Å². The van der Waals surface area contributed by atoms with Crippen LogP contribution in [0, 0.1) is 0 Å². The summed E-state index contributed by atoms with van der Waals surface area (Å²) in [6.45, 7) is 0. The summed E-state index contributed by atoms with van der Waals surface area (Å²) in [5.74, 6) is 0.281. The molecule has 0 unspecified atom stereocenters. The van der Waals surface area contributed by atoms with Crippen LogP contribution in [-0.2, 0) is 0 Å². The third kappa shape index (κ3) is 3.14. The van der Waals surface area contributed by atoms with Gasteiger partial charge < -0.3 is 5.32 Å². The van der Waals surface area contributed by atoms with E-state index >= 15 is 0 Å². The number of carbonyl (C=O) groups excluding carboxylic acids is 1. The molecule has 1 amide bonds. The van der Waals surface area contributed by atoms with E-state index in [4.69, 9.17) is 0 Å². The lowest BCUT2D eigenvalue weighted by molar-refractivity contribution is 0.102. The number of benzene rings is 1. The van der Waals surface area contributed by atoms with E-state index in [1.165, 1.54) is 0 Å². The molecule has 0 atom stereocenters. The number of anilines is 1. The van der Waals surface area contributed by atoms with Gasteiger partial charge in [-0.05, 0) is 18.2 Å². The predicted octanol–water partition coefficient (Wildman–Crippen LogP) is 2.68. The molecule has 1 N–H and O–H groups in total. The minimum Gasteiger partial charge on any atom is -0.319 e. The molecule has 6 nitrogen and oxygen atoms in total. The molecule has 21 heavy (non-hydrogen) atoms. The van der Waals surface area contributed by atoms with Crippen molar-refractivity contribution in [2.24, 2.45) is 0 Å². The molecule has 1 aromatic carbocycles. The molecule has 2 aromatic heterocycles. The Morgan fingerprint density at radius 3 is 2.71 bits per heavy atom. The molecule has 104 valence electrons. The number of carbonyl (C=O) groups is 1. The molecule has 0 radical (unpaired) electrons. The maximum Gasteiger partial charge on any atom is 0.255 e. The Labute approximate surface area is 129 Å². The van der Waals surface area contributed by atoms with E-state index in [0.29, 0.717) is 17.2 Å². The maximum absolute atomic E-state index is 12.1. The van der Waals surface area contributed by atoms with Gasteiger partial charge in [0.2, 0.25) is 5.95 Å². The quantitative estimate of drug-likeness (QED) is 0.793. The highest BCUT2D eigenvalue weighted by Crippen LogP contribution is 2.13. The standard InChI is InChI=1S/C14H10BrN5O/c15-11-3-1-2-10(6-11)13(21)19-12-7-17-14(18-8-12)20-5-4-16-9-20/h1-9H,(H,19,21). The molecule has 0 bridgehead atoms. The van der Waals surface area contributed by atoms with Gasteiger partial charge in [-0.25, -0.2) is 15.0 Å². The molecule has 7 heteroatoms. The Morgan fingerprint density at radius 1 is 1.24 bits per heavy atom. The molecule has 0 aliphatic heterocycles. The molecule has 0 aliphatic carbocycles. The van der Waals surface area contributed by atoms with Crippen molar-refractivity contribution in [3.63, 3.8) is 0 Å². The van der Waals surface area contributed by atoms with E-state index in [2.05, 4.69) is 36.2 Å². The Bertz CT molecular complexity index is 755. The summed E-state index contributed by atoms with van der Waals surface area (Å²) >= 11 is 3.33. The Morgan fingerprint density at radius 2 is 2.05 bits per heavy atom. The number of aromatic nitrogens is 4. The van der Waals surface area contributed by atoms with Crippen molar-refractivity contribution in [1.29, 1.82) is 0 Å². The number of imidazole rings is 1.